The van der Waals surface area contributed by atoms with E-state index in [9.17, 15) is 4.79 Å². The van der Waals surface area contributed by atoms with Crippen LogP contribution in [0.5, 0.6) is 0 Å². The van der Waals surface area contributed by atoms with Gasteiger partial charge in [-0.05, 0) is 37.3 Å². The van der Waals surface area contributed by atoms with Gasteiger partial charge in [-0.2, -0.15) is 0 Å². The molecular weight excluding hydrogens is 284 g/mol. The van der Waals surface area contributed by atoms with Gasteiger partial charge in [0.1, 0.15) is 5.88 Å². The van der Waals surface area contributed by atoms with Crippen molar-refractivity contribution in [2.45, 2.75) is 31.8 Å². The van der Waals surface area contributed by atoms with Crippen molar-refractivity contribution in [3.8, 4) is 0 Å². The highest BCUT2D eigenvalue weighted by atomic mass is 35.5. The highest BCUT2D eigenvalue weighted by molar-refractivity contribution is 6.27. The standard InChI is InChI=1S/C17H23ClN2O/c18-10-17(21)20(16-6-7-16)13-15-8-9-19(12-15)11-14-4-2-1-3-5-14/h1-5,15-16H,6-13H2. The molecule has 1 saturated carbocycles. The lowest BCUT2D eigenvalue weighted by Crippen LogP contribution is -2.38. The fourth-order valence-corrected chi connectivity index (χ4v) is 3.40. The summed E-state index contributed by atoms with van der Waals surface area (Å²) >= 11 is 5.74. The van der Waals surface area contributed by atoms with Gasteiger partial charge in [-0.1, -0.05) is 30.3 Å². The van der Waals surface area contributed by atoms with Gasteiger partial charge in [0.25, 0.3) is 0 Å². The summed E-state index contributed by atoms with van der Waals surface area (Å²) in [5.41, 5.74) is 1.37. The zero-order valence-electron chi connectivity index (χ0n) is 12.4. The predicted molar refractivity (Wildman–Crippen MR) is 85.3 cm³/mol. The maximum Gasteiger partial charge on any atom is 0.237 e. The zero-order chi connectivity index (χ0) is 14.7. The Bertz CT molecular complexity index is 475. The number of halogens is 1. The average molecular weight is 307 g/mol. The Morgan fingerprint density at radius 2 is 2.00 bits per heavy atom. The lowest BCUT2D eigenvalue weighted by Gasteiger charge is -2.25. The highest BCUT2D eigenvalue weighted by Gasteiger charge is 2.35. The van der Waals surface area contributed by atoms with Gasteiger partial charge >= 0.3 is 0 Å². The van der Waals surface area contributed by atoms with Gasteiger partial charge in [0.2, 0.25) is 5.91 Å². The number of alkyl halides is 1. The largest absolute Gasteiger partial charge is 0.338 e. The molecule has 1 saturated heterocycles. The van der Waals surface area contributed by atoms with Crippen molar-refractivity contribution in [2.24, 2.45) is 5.92 Å². The maximum absolute atomic E-state index is 11.9. The molecule has 114 valence electrons. The molecule has 2 fully saturated rings. The van der Waals surface area contributed by atoms with Crippen LogP contribution in [0.1, 0.15) is 24.8 Å². The first-order valence-corrected chi connectivity index (χ1v) is 8.41. The Balaban J connectivity index is 1.51. The molecule has 1 aliphatic carbocycles. The monoisotopic (exact) mass is 306 g/mol. The Labute approximate surface area is 131 Å². The first kappa shape index (κ1) is 14.9. The first-order chi connectivity index (χ1) is 10.3. The fourth-order valence-electron chi connectivity index (χ4n) is 3.24. The van der Waals surface area contributed by atoms with Crippen LogP contribution in [0.25, 0.3) is 0 Å². The molecule has 1 unspecified atom stereocenters. The van der Waals surface area contributed by atoms with Gasteiger partial charge in [-0.15, -0.1) is 11.6 Å². The second-order valence-electron chi connectivity index (χ2n) is 6.29. The number of likely N-dealkylation sites (tertiary alicyclic amines) is 1. The molecule has 2 aliphatic rings. The molecule has 0 bridgehead atoms. The average Bonchev–Trinajstić information content (AvgIpc) is 3.26. The number of carbonyl (C=O) groups is 1. The maximum atomic E-state index is 11.9. The van der Waals surface area contributed by atoms with E-state index in [2.05, 4.69) is 35.2 Å². The minimum Gasteiger partial charge on any atom is -0.338 e. The summed E-state index contributed by atoms with van der Waals surface area (Å²) in [6.07, 6.45) is 3.50. The third-order valence-corrected chi connectivity index (χ3v) is 4.72. The van der Waals surface area contributed by atoms with Gasteiger partial charge < -0.3 is 4.90 Å². The van der Waals surface area contributed by atoms with E-state index in [1.54, 1.807) is 0 Å². The summed E-state index contributed by atoms with van der Waals surface area (Å²) in [6.45, 7) is 4.13. The second kappa shape index (κ2) is 6.80. The fraction of sp³-hybridized carbons (Fsp3) is 0.588. The van der Waals surface area contributed by atoms with Crippen LogP contribution >= 0.6 is 11.6 Å². The van der Waals surface area contributed by atoms with Crippen LogP contribution in [0, 0.1) is 5.92 Å². The van der Waals surface area contributed by atoms with Crippen molar-refractivity contribution in [1.29, 1.82) is 0 Å². The van der Waals surface area contributed by atoms with E-state index >= 15 is 0 Å². The van der Waals surface area contributed by atoms with Crippen LogP contribution in [0.15, 0.2) is 30.3 Å². The van der Waals surface area contributed by atoms with Gasteiger partial charge in [0, 0.05) is 25.7 Å². The summed E-state index contributed by atoms with van der Waals surface area (Å²) in [6, 6.07) is 11.1. The van der Waals surface area contributed by atoms with E-state index in [0.29, 0.717) is 12.0 Å². The van der Waals surface area contributed by atoms with E-state index in [4.69, 9.17) is 11.6 Å². The molecule has 3 rings (SSSR count). The Morgan fingerprint density at radius 3 is 2.67 bits per heavy atom. The molecule has 0 aromatic heterocycles. The van der Waals surface area contributed by atoms with Crippen LogP contribution in [0.3, 0.4) is 0 Å². The smallest absolute Gasteiger partial charge is 0.237 e. The highest BCUT2D eigenvalue weighted by Crippen LogP contribution is 2.29. The Hall–Kier alpha value is -1.06. The van der Waals surface area contributed by atoms with E-state index in [1.807, 2.05) is 4.90 Å². The molecule has 3 nitrogen and oxygen atoms in total. The minimum absolute atomic E-state index is 0.112. The van der Waals surface area contributed by atoms with Crippen molar-refractivity contribution in [2.75, 3.05) is 25.5 Å². The number of rotatable bonds is 6. The third kappa shape index (κ3) is 3.98. The second-order valence-corrected chi connectivity index (χ2v) is 6.55. The van der Waals surface area contributed by atoms with E-state index in [1.165, 1.54) is 12.0 Å². The van der Waals surface area contributed by atoms with Crippen molar-refractivity contribution in [1.82, 2.24) is 9.80 Å². The van der Waals surface area contributed by atoms with Gasteiger partial charge in [0.05, 0.1) is 0 Å². The molecule has 1 heterocycles. The van der Waals surface area contributed by atoms with Crippen molar-refractivity contribution in [3.63, 3.8) is 0 Å². The number of carbonyl (C=O) groups excluding carboxylic acids is 1. The molecule has 0 radical (unpaired) electrons. The number of hydrogen-bond acceptors (Lipinski definition) is 2. The summed E-state index contributed by atoms with van der Waals surface area (Å²) in [5, 5.41) is 0. The molecule has 1 aromatic rings. The summed E-state index contributed by atoms with van der Waals surface area (Å²) < 4.78 is 0. The zero-order valence-corrected chi connectivity index (χ0v) is 13.1. The van der Waals surface area contributed by atoms with Crippen LogP contribution in [0.2, 0.25) is 0 Å². The summed E-state index contributed by atoms with van der Waals surface area (Å²) in [4.78, 5) is 16.5. The van der Waals surface area contributed by atoms with E-state index < -0.39 is 0 Å². The van der Waals surface area contributed by atoms with Gasteiger partial charge in [0.15, 0.2) is 0 Å². The Kier molecular flexibility index (Phi) is 4.81. The SMILES string of the molecule is O=C(CCl)N(CC1CCN(Cc2ccccc2)C1)C1CC1. The van der Waals surface area contributed by atoms with Crippen LogP contribution in [-0.4, -0.2) is 47.3 Å². The van der Waals surface area contributed by atoms with Crippen molar-refractivity contribution in [3.05, 3.63) is 35.9 Å². The van der Waals surface area contributed by atoms with Gasteiger partial charge in [-0.25, -0.2) is 0 Å². The molecule has 1 atom stereocenters. The van der Waals surface area contributed by atoms with Crippen molar-refractivity contribution < 1.29 is 4.79 Å². The first-order valence-electron chi connectivity index (χ1n) is 7.88. The quantitative estimate of drug-likeness (QED) is 0.755. The van der Waals surface area contributed by atoms with Crippen molar-refractivity contribution >= 4 is 17.5 Å². The molecule has 4 heteroatoms. The molecule has 0 N–H and O–H groups in total. The molecule has 1 aromatic carbocycles. The number of benzene rings is 1. The normalized spacial score (nSPS) is 22.4. The van der Waals surface area contributed by atoms with E-state index in [0.717, 1.165) is 39.0 Å². The van der Waals surface area contributed by atoms with Gasteiger partial charge in [-0.3, -0.25) is 9.69 Å². The summed E-state index contributed by atoms with van der Waals surface area (Å²) in [5.74, 6) is 0.832. The lowest BCUT2D eigenvalue weighted by atomic mass is 10.1. The number of nitrogens with zero attached hydrogens (tertiary/aromatic N) is 2. The lowest BCUT2D eigenvalue weighted by molar-refractivity contribution is -0.129. The number of amides is 1. The van der Waals surface area contributed by atoms with Crippen LogP contribution < -0.4 is 0 Å². The summed E-state index contributed by atoms with van der Waals surface area (Å²) in [7, 11) is 0. The molecule has 1 aliphatic heterocycles. The third-order valence-electron chi connectivity index (χ3n) is 4.50. The van der Waals surface area contributed by atoms with Crippen LogP contribution in [-0.2, 0) is 11.3 Å². The topological polar surface area (TPSA) is 23.6 Å². The molecular formula is C17H23ClN2O. The predicted octanol–water partition coefficient (Wildman–Crippen LogP) is 2.74. The van der Waals surface area contributed by atoms with E-state index in [-0.39, 0.29) is 11.8 Å². The molecule has 0 spiro atoms. The van der Waals surface area contributed by atoms with Crippen LogP contribution in [0.4, 0.5) is 0 Å². The Morgan fingerprint density at radius 1 is 1.24 bits per heavy atom. The molecule has 21 heavy (non-hydrogen) atoms. The minimum atomic E-state index is 0.112. The molecule has 1 amide bonds. The number of hydrogen-bond donors (Lipinski definition) is 0.